The molecule has 0 saturated carbocycles. The summed E-state index contributed by atoms with van der Waals surface area (Å²) in [5.74, 6) is 1.83. The van der Waals surface area contributed by atoms with E-state index in [1.807, 2.05) is 11.3 Å². The lowest BCUT2D eigenvalue weighted by atomic mass is 9.98. The third-order valence-corrected chi connectivity index (χ3v) is 9.30. The van der Waals surface area contributed by atoms with E-state index in [2.05, 4.69) is 100 Å². The Kier molecular flexibility index (Phi) is 9.05. The number of rotatable bonds is 11. The van der Waals surface area contributed by atoms with E-state index in [-0.39, 0.29) is 0 Å². The molecule has 1 aliphatic rings. The fourth-order valence-corrected chi connectivity index (χ4v) is 7.00. The Bertz CT molecular complexity index is 1360. The van der Waals surface area contributed by atoms with Crippen LogP contribution in [0.5, 0.6) is 11.5 Å². The first-order chi connectivity index (χ1) is 18.5. The van der Waals surface area contributed by atoms with Crippen LogP contribution in [0.25, 0.3) is 20.5 Å². The highest BCUT2D eigenvalue weighted by Gasteiger charge is 2.17. The second kappa shape index (κ2) is 12.6. The maximum atomic E-state index is 6.07. The Morgan fingerprint density at radius 2 is 1.71 bits per heavy atom. The standard InChI is InChI=1S/C32H37BrN2O2S/c1-34(2)17-14-24-7-6-23(21-30(24)33)20-29-28-13-12-27(36-3)22-31(28)38-32(29)25-8-10-26(11-9-25)37-19-18-35-15-4-5-16-35/h6-13,21-22H,4-5,14-20H2,1-3H3. The molecule has 0 aliphatic carbocycles. The van der Waals surface area contributed by atoms with Gasteiger partial charge in [-0.2, -0.15) is 0 Å². The first-order valence-electron chi connectivity index (χ1n) is 13.5. The van der Waals surface area contributed by atoms with Gasteiger partial charge in [-0.1, -0.05) is 28.1 Å². The Hall–Kier alpha value is -2.38. The smallest absolute Gasteiger partial charge is 0.120 e. The fourth-order valence-electron chi connectivity index (χ4n) is 5.12. The van der Waals surface area contributed by atoms with E-state index in [9.17, 15) is 0 Å². The SMILES string of the molecule is COc1ccc2c(Cc3ccc(CCN(C)C)c(Br)c3)c(-c3ccc(OCCN4CCCC4)cc3)sc2c1. The third-order valence-electron chi connectivity index (χ3n) is 7.32. The van der Waals surface area contributed by atoms with Crippen LogP contribution in [-0.4, -0.2) is 63.8 Å². The largest absolute Gasteiger partial charge is 0.497 e. The van der Waals surface area contributed by atoms with Gasteiger partial charge in [0.05, 0.1) is 7.11 Å². The lowest BCUT2D eigenvalue weighted by Crippen LogP contribution is -2.25. The van der Waals surface area contributed by atoms with E-state index in [1.54, 1.807) is 7.11 Å². The predicted octanol–water partition coefficient (Wildman–Crippen LogP) is 7.51. The monoisotopic (exact) mass is 592 g/mol. The van der Waals surface area contributed by atoms with Crippen molar-refractivity contribution in [3.8, 4) is 21.9 Å². The van der Waals surface area contributed by atoms with Crippen molar-refractivity contribution in [1.29, 1.82) is 0 Å². The Labute approximate surface area is 239 Å². The van der Waals surface area contributed by atoms with Crippen molar-refractivity contribution in [3.05, 3.63) is 81.8 Å². The number of likely N-dealkylation sites (tertiary alicyclic amines) is 1. The lowest BCUT2D eigenvalue weighted by Gasteiger charge is -2.15. The van der Waals surface area contributed by atoms with Crippen molar-refractivity contribution in [2.24, 2.45) is 0 Å². The number of nitrogens with zero attached hydrogens (tertiary/aromatic N) is 2. The van der Waals surface area contributed by atoms with Gasteiger partial charge in [0, 0.05) is 27.1 Å². The normalized spacial score (nSPS) is 14.0. The lowest BCUT2D eigenvalue weighted by molar-refractivity contribution is 0.238. The zero-order chi connectivity index (χ0) is 26.5. The Balaban J connectivity index is 1.39. The minimum Gasteiger partial charge on any atom is -0.497 e. The highest BCUT2D eigenvalue weighted by molar-refractivity contribution is 9.10. The molecule has 1 aromatic heterocycles. The van der Waals surface area contributed by atoms with Crippen LogP contribution in [0.1, 0.15) is 29.5 Å². The highest BCUT2D eigenvalue weighted by Crippen LogP contribution is 2.42. The summed E-state index contributed by atoms with van der Waals surface area (Å²) in [5.41, 5.74) is 5.25. The van der Waals surface area contributed by atoms with Gasteiger partial charge in [-0.25, -0.2) is 0 Å². The molecule has 200 valence electrons. The zero-order valence-electron chi connectivity index (χ0n) is 22.6. The summed E-state index contributed by atoms with van der Waals surface area (Å²) in [4.78, 5) is 6.02. The second-order valence-electron chi connectivity index (χ2n) is 10.3. The van der Waals surface area contributed by atoms with Crippen molar-refractivity contribution in [2.75, 3.05) is 54.0 Å². The quantitative estimate of drug-likeness (QED) is 0.180. The number of hydrogen-bond donors (Lipinski definition) is 0. The van der Waals surface area contributed by atoms with Crippen LogP contribution in [0, 0.1) is 0 Å². The molecular formula is C32H37BrN2O2S. The van der Waals surface area contributed by atoms with Gasteiger partial charge in [-0.05, 0) is 129 Å². The van der Waals surface area contributed by atoms with Crippen molar-refractivity contribution in [1.82, 2.24) is 9.80 Å². The molecule has 3 aromatic carbocycles. The average Bonchev–Trinajstić information content (AvgIpc) is 3.56. The molecule has 5 rings (SSSR count). The molecule has 4 aromatic rings. The van der Waals surface area contributed by atoms with E-state index >= 15 is 0 Å². The van der Waals surface area contributed by atoms with Crippen molar-refractivity contribution < 1.29 is 9.47 Å². The maximum absolute atomic E-state index is 6.07. The molecule has 2 heterocycles. The minimum absolute atomic E-state index is 0.743. The first kappa shape index (κ1) is 27.2. The molecule has 0 N–H and O–H groups in total. The summed E-state index contributed by atoms with van der Waals surface area (Å²) in [6.07, 6.45) is 4.54. The number of likely N-dealkylation sites (N-methyl/N-ethyl adjacent to an activating group) is 1. The predicted molar refractivity (Wildman–Crippen MR) is 164 cm³/mol. The number of halogens is 1. The number of fused-ring (bicyclic) bond motifs is 1. The molecule has 38 heavy (non-hydrogen) atoms. The molecule has 0 bridgehead atoms. The molecule has 0 spiro atoms. The van der Waals surface area contributed by atoms with Crippen molar-refractivity contribution in [2.45, 2.75) is 25.7 Å². The second-order valence-corrected chi connectivity index (χ2v) is 12.3. The molecule has 0 radical (unpaired) electrons. The van der Waals surface area contributed by atoms with E-state index in [1.165, 1.54) is 67.6 Å². The van der Waals surface area contributed by atoms with Gasteiger partial charge in [-0.3, -0.25) is 4.90 Å². The first-order valence-corrected chi connectivity index (χ1v) is 15.1. The summed E-state index contributed by atoms with van der Waals surface area (Å²) < 4.78 is 14.0. The number of ether oxygens (including phenoxy) is 2. The summed E-state index contributed by atoms with van der Waals surface area (Å²) >= 11 is 5.67. The highest BCUT2D eigenvalue weighted by atomic mass is 79.9. The molecule has 1 fully saturated rings. The molecule has 0 amide bonds. The summed E-state index contributed by atoms with van der Waals surface area (Å²) in [6, 6.07) is 21.9. The van der Waals surface area contributed by atoms with Crippen molar-refractivity contribution in [3.63, 3.8) is 0 Å². The fraction of sp³-hybridized carbons (Fsp3) is 0.375. The van der Waals surface area contributed by atoms with E-state index in [0.29, 0.717) is 0 Å². The van der Waals surface area contributed by atoms with Gasteiger partial charge in [0.2, 0.25) is 0 Å². The molecule has 1 saturated heterocycles. The third kappa shape index (κ3) is 6.60. The van der Waals surface area contributed by atoms with Crippen LogP contribution in [0.3, 0.4) is 0 Å². The topological polar surface area (TPSA) is 24.9 Å². The van der Waals surface area contributed by atoms with Gasteiger partial charge >= 0.3 is 0 Å². The molecule has 0 unspecified atom stereocenters. The number of thiophene rings is 1. The van der Waals surface area contributed by atoms with Crippen LogP contribution < -0.4 is 9.47 Å². The Morgan fingerprint density at radius 1 is 0.947 bits per heavy atom. The van der Waals surface area contributed by atoms with Crippen LogP contribution in [0.4, 0.5) is 0 Å². The maximum Gasteiger partial charge on any atom is 0.120 e. The number of hydrogen-bond acceptors (Lipinski definition) is 5. The van der Waals surface area contributed by atoms with Crippen molar-refractivity contribution >= 4 is 37.4 Å². The number of benzene rings is 3. The van der Waals surface area contributed by atoms with Crippen LogP contribution in [-0.2, 0) is 12.8 Å². The van der Waals surface area contributed by atoms with Gasteiger partial charge in [-0.15, -0.1) is 11.3 Å². The molecule has 1 aliphatic heterocycles. The van der Waals surface area contributed by atoms with Gasteiger partial charge in [0.25, 0.3) is 0 Å². The summed E-state index contributed by atoms with van der Waals surface area (Å²) in [5, 5.41) is 1.30. The minimum atomic E-state index is 0.743. The number of methoxy groups -OCH3 is 1. The summed E-state index contributed by atoms with van der Waals surface area (Å²) in [7, 11) is 5.97. The Morgan fingerprint density at radius 3 is 2.42 bits per heavy atom. The molecule has 0 atom stereocenters. The summed E-state index contributed by atoms with van der Waals surface area (Å²) in [6.45, 7) is 5.20. The van der Waals surface area contributed by atoms with Crippen LogP contribution in [0.15, 0.2) is 65.1 Å². The van der Waals surface area contributed by atoms with Crippen LogP contribution >= 0.6 is 27.3 Å². The van der Waals surface area contributed by atoms with E-state index in [4.69, 9.17) is 9.47 Å². The van der Waals surface area contributed by atoms with Crippen LogP contribution in [0.2, 0.25) is 0 Å². The van der Waals surface area contributed by atoms with Gasteiger partial charge in [0.1, 0.15) is 18.1 Å². The van der Waals surface area contributed by atoms with Gasteiger partial charge < -0.3 is 14.4 Å². The molecular weight excluding hydrogens is 556 g/mol. The molecule has 4 nitrogen and oxygen atoms in total. The average molecular weight is 594 g/mol. The van der Waals surface area contributed by atoms with E-state index < -0.39 is 0 Å². The van der Waals surface area contributed by atoms with E-state index in [0.717, 1.165) is 44.0 Å². The zero-order valence-corrected chi connectivity index (χ0v) is 25.0. The molecule has 6 heteroatoms. The van der Waals surface area contributed by atoms with Gasteiger partial charge in [0.15, 0.2) is 0 Å².